The highest BCUT2D eigenvalue weighted by atomic mass is 19.2. The molecule has 0 aliphatic heterocycles. The minimum atomic E-state index is -2.31. The normalized spacial score (nSPS) is 11.4. The first kappa shape index (κ1) is 19.1. The fourth-order valence-corrected chi connectivity index (χ4v) is 2.41. The van der Waals surface area contributed by atoms with Crippen molar-refractivity contribution in [1.82, 2.24) is 15.2 Å². The highest BCUT2D eigenvalue weighted by Crippen LogP contribution is 2.21. The second-order valence-corrected chi connectivity index (χ2v) is 5.51. The largest absolute Gasteiger partial charge is 0.292 e. The fraction of sp³-hybridized carbons (Fsp3) is 0.0588. The molecular formula is C17H9F5N4O2. The summed E-state index contributed by atoms with van der Waals surface area (Å²) in [6.07, 6.45) is 0.276. The van der Waals surface area contributed by atoms with Crippen molar-refractivity contribution in [2.24, 2.45) is 12.1 Å². The summed E-state index contributed by atoms with van der Waals surface area (Å²) in [5.74, 6) is -11.8. The van der Waals surface area contributed by atoms with Crippen molar-refractivity contribution < 1.29 is 26.7 Å². The van der Waals surface area contributed by atoms with E-state index in [0.717, 1.165) is 4.68 Å². The van der Waals surface area contributed by atoms with E-state index in [1.807, 2.05) is 5.43 Å². The summed E-state index contributed by atoms with van der Waals surface area (Å²) in [5.41, 5.74) is -0.140. The van der Waals surface area contributed by atoms with Crippen molar-refractivity contribution in [2.45, 2.75) is 0 Å². The van der Waals surface area contributed by atoms with Crippen molar-refractivity contribution in [2.75, 3.05) is 0 Å². The third-order valence-corrected chi connectivity index (χ3v) is 3.78. The lowest BCUT2D eigenvalue weighted by Crippen LogP contribution is -2.27. The summed E-state index contributed by atoms with van der Waals surface area (Å²) in [6, 6.07) is 6.05. The van der Waals surface area contributed by atoms with E-state index in [4.69, 9.17) is 0 Å². The minimum absolute atomic E-state index is 0.189. The molecule has 1 N–H and O–H groups in total. The van der Waals surface area contributed by atoms with E-state index in [1.165, 1.54) is 19.2 Å². The number of halogens is 5. The van der Waals surface area contributed by atoms with Gasteiger partial charge in [0, 0.05) is 12.4 Å². The average Bonchev–Trinajstić information content (AvgIpc) is 2.70. The lowest BCUT2D eigenvalue weighted by atomic mass is 10.1. The van der Waals surface area contributed by atoms with Gasteiger partial charge in [-0.1, -0.05) is 18.2 Å². The summed E-state index contributed by atoms with van der Waals surface area (Å²) in [5, 5.41) is 7.40. The van der Waals surface area contributed by atoms with Gasteiger partial charge in [-0.15, -0.1) is 0 Å². The van der Waals surface area contributed by atoms with E-state index in [9.17, 15) is 31.5 Å². The molecule has 0 saturated heterocycles. The molecule has 0 fully saturated rings. The molecule has 28 heavy (non-hydrogen) atoms. The number of benzene rings is 2. The number of nitrogens with one attached hydrogen (secondary N) is 1. The first-order valence-electron chi connectivity index (χ1n) is 7.55. The number of hydrogen-bond acceptors (Lipinski definition) is 4. The summed E-state index contributed by atoms with van der Waals surface area (Å²) < 4.78 is 67.4. The maximum Gasteiger partial charge on any atom is 0.292 e. The van der Waals surface area contributed by atoms with Gasteiger partial charge in [0.15, 0.2) is 29.0 Å². The first-order valence-corrected chi connectivity index (χ1v) is 7.55. The molecule has 3 aromatic rings. The Labute approximate surface area is 152 Å². The van der Waals surface area contributed by atoms with Gasteiger partial charge in [0.05, 0.1) is 17.2 Å². The number of carbonyl (C=O) groups excluding carboxylic acids is 1. The highest BCUT2D eigenvalue weighted by molar-refractivity contribution is 6.04. The predicted octanol–water partition coefficient (Wildman–Crippen LogP) is 2.39. The van der Waals surface area contributed by atoms with Crippen LogP contribution in [0.1, 0.15) is 16.1 Å². The van der Waals surface area contributed by atoms with Gasteiger partial charge < -0.3 is 0 Å². The van der Waals surface area contributed by atoms with Gasteiger partial charge in [-0.05, 0) is 6.07 Å². The van der Waals surface area contributed by atoms with Gasteiger partial charge >= 0.3 is 0 Å². The molecule has 2 aromatic carbocycles. The van der Waals surface area contributed by atoms with Gasteiger partial charge in [-0.3, -0.25) is 9.59 Å². The number of carbonyl (C=O) groups is 1. The molecule has 6 nitrogen and oxygen atoms in total. The second-order valence-electron chi connectivity index (χ2n) is 5.51. The fourth-order valence-electron chi connectivity index (χ4n) is 2.41. The second kappa shape index (κ2) is 7.18. The molecular weight excluding hydrogens is 387 g/mol. The van der Waals surface area contributed by atoms with E-state index in [-0.39, 0.29) is 22.7 Å². The Morgan fingerprint density at radius 2 is 1.54 bits per heavy atom. The van der Waals surface area contributed by atoms with Gasteiger partial charge in [0.25, 0.3) is 11.5 Å². The Balaban J connectivity index is 1.96. The third kappa shape index (κ3) is 3.10. The molecule has 0 unspecified atom stereocenters. The Morgan fingerprint density at radius 1 is 1.00 bits per heavy atom. The molecule has 0 aliphatic carbocycles. The van der Waals surface area contributed by atoms with E-state index in [2.05, 4.69) is 10.2 Å². The number of fused-ring (bicyclic) bond motifs is 1. The SMILES string of the molecule is Cn1nc(C(=O)N/N=C\c2c(F)c(F)c(F)c(F)c2F)c2ccccc2c1=O. The molecule has 144 valence electrons. The van der Waals surface area contributed by atoms with Crippen LogP contribution < -0.4 is 11.0 Å². The molecule has 1 aromatic heterocycles. The number of rotatable bonds is 3. The lowest BCUT2D eigenvalue weighted by molar-refractivity contribution is 0.0950. The number of aryl methyl sites for hydroxylation is 1. The number of hydrogen-bond donors (Lipinski definition) is 1. The standard InChI is InChI=1S/C17H9F5N4O2/c1-26-17(28)8-5-3-2-4-7(8)15(25-26)16(27)24-23-6-9-10(18)12(20)14(22)13(21)11(9)19/h2-6H,1H3,(H,24,27)/b23-6-. The summed E-state index contributed by atoms with van der Waals surface area (Å²) in [7, 11) is 1.31. The monoisotopic (exact) mass is 396 g/mol. The van der Waals surface area contributed by atoms with Crippen LogP contribution in [0.15, 0.2) is 34.2 Å². The molecule has 0 aliphatic rings. The molecule has 0 saturated carbocycles. The summed E-state index contributed by atoms with van der Waals surface area (Å²) in [4.78, 5) is 24.3. The summed E-state index contributed by atoms with van der Waals surface area (Å²) in [6.45, 7) is 0. The average molecular weight is 396 g/mol. The molecule has 0 radical (unpaired) electrons. The zero-order valence-corrected chi connectivity index (χ0v) is 13.9. The van der Waals surface area contributed by atoms with Gasteiger partial charge in [-0.25, -0.2) is 32.1 Å². The highest BCUT2D eigenvalue weighted by Gasteiger charge is 2.24. The van der Waals surface area contributed by atoms with Gasteiger partial charge in [0.2, 0.25) is 5.82 Å². The van der Waals surface area contributed by atoms with Crippen molar-refractivity contribution in [3.63, 3.8) is 0 Å². The zero-order valence-electron chi connectivity index (χ0n) is 13.9. The van der Waals surface area contributed by atoms with Crippen LogP contribution in [0.5, 0.6) is 0 Å². The molecule has 3 rings (SSSR count). The summed E-state index contributed by atoms with van der Waals surface area (Å²) >= 11 is 0. The number of aromatic nitrogens is 2. The molecule has 11 heteroatoms. The molecule has 0 bridgehead atoms. The van der Waals surface area contributed by atoms with Crippen LogP contribution in [-0.2, 0) is 7.05 Å². The maximum atomic E-state index is 13.6. The molecule has 1 heterocycles. The van der Waals surface area contributed by atoms with Crippen molar-refractivity contribution in [3.8, 4) is 0 Å². The molecule has 0 spiro atoms. The topological polar surface area (TPSA) is 76.3 Å². The number of nitrogens with zero attached hydrogens (tertiary/aromatic N) is 3. The Kier molecular flexibility index (Phi) is 4.91. The van der Waals surface area contributed by atoms with Crippen molar-refractivity contribution in [1.29, 1.82) is 0 Å². The van der Waals surface area contributed by atoms with Gasteiger partial charge in [0.1, 0.15) is 0 Å². The van der Waals surface area contributed by atoms with Crippen LogP contribution >= 0.6 is 0 Å². The van der Waals surface area contributed by atoms with Crippen LogP contribution in [0.2, 0.25) is 0 Å². The quantitative estimate of drug-likeness (QED) is 0.243. The van der Waals surface area contributed by atoms with Crippen LogP contribution in [0.4, 0.5) is 22.0 Å². The van der Waals surface area contributed by atoms with Crippen LogP contribution in [0.25, 0.3) is 10.8 Å². The Hall–Kier alpha value is -3.63. The van der Waals surface area contributed by atoms with E-state index in [0.29, 0.717) is 0 Å². The van der Waals surface area contributed by atoms with Gasteiger partial charge in [-0.2, -0.15) is 10.2 Å². The van der Waals surface area contributed by atoms with E-state index in [1.54, 1.807) is 12.1 Å². The van der Waals surface area contributed by atoms with E-state index < -0.39 is 46.1 Å². The lowest BCUT2D eigenvalue weighted by Gasteiger charge is -2.07. The van der Waals surface area contributed by atoms with Crippen LogP contribution in [-0.4, -0.2) is 21.9 Å². The van der Waals surface area contributed by atoms with Crippen molar-refractivity contribution >= 4 is 22.9 Å². The molecule has 1 amide bonds. The van der Waals surface area contributed by atoms with Crippen molar-refractivity contribution in [3.05, 3.63) is 75.0 Å². The third-order valence-electron chi connectivity index (χ3n) is 3.78. The zero-order chi connectivity index (χ0) is 20.6. The predicted molar refractivity (Wildman–Crippen MR) is 88.3 cm³/mol. The van der Waals surface area contributed by atoms with E-state index >= 15 is 0 Å². The Bertz CT molecular complexity index is 1180. The first-order chi connectivity index (χ1) is 13.2. The Morgan fingerprint density at radius 3 is 2.14 bits per heavy atom. The number of hydrazone groups is 1. The maximum absolute atomic E-state index is 13.6. The minimum Gasteiger partial charge on any atom is -0.267 e. The smallest absolute Gasteiger partial charge is 0.267 e. The molecule has 0 atom stereocenters. The van der Waals surface area contributed by atoms with Crippen LogP contribution in [0.3, 0.4) is 0 Å². The number of amides is 1. The van der Waals surface area contributed by atoms with Crippen LogP contribution in [0, 0.1) is 29.1 Å².